The van der Waals surface area contributed by atoms with Gasteiger partial charge in [0.15, 0.2) is 16.7 Å². The lowest BCUT2D eigenvalue weighted by Gasteiger charge is -2.02. The molecule has 0 aliphatic heterocycles. The number of rotatable bonds is 5. The highest BCUT2D eigenvalue weighted by molar-refractivity contribution is 7.99. The summed E-state index contributed by atoms with van der Waals surface area (Å²) in [5, 5.41) is 21.7. The number of nitrogens with one attached hydrogen (secondary N) is 1. The van der Waals surface area contributed by atoms with Crippen molar-refractivity contribution in [3.05, 3.63) is 35.3 Å². The summed E-state index contributed by atoms with van der Waals surface area (Å²) in [5.74, 6) is 1.29. The summed E-state index contributed by atoms with van der Waals surface area (Å²) in [4.78, 5) is 12.0. The normalized spacial score (nSPS) is 11.2. The minimum absolute atomic E-state index is 0.167. The molecule has 0 saturated carbocycles. The van der Waals surface area contributed by atoms with E-state index in [4.69, 9.17) is 4.42 Å². The second-order valence-corrected chi connectivity index (χ2v) is 7.60. The third kappa shape index (κ3) is 3.33. The minimum Gasteiger partial charge on any atom is -0.453 e. The van der Waals surface area contributed by atoms with Crippen molar-refractivity contribution >= 4 is 45.1 Å². The van der Waals surface area contributed by atoms with Crippen molar-refractivity contribution in [1.82, 2.24) is 25.0 Å². The Hall–Kier alpha value is -2.72. The van der Waals surface area contributed by atoms with Crippen molar-refractivity contribution in [2.75, 3.05) is 11.1 Å². The first-order valence-corrected chi connectivity index (χ1v) is 9.51. The molecule has 1 N–H and O–H groups in total. The Balaban J connectivity index is 1.46. The number of para-hydroxylation sites is 1. The summed E-state index contributed by atoms with van der Waals surface area (Å²) < 4.78 is 7.64. The van der Waals surface area contributed by atoms with Gasteiger partial charge in [0.25, 0.3) is 0 Å². The fourth-order valence-electron chi connectivity index (χ4n) is 2.38. The smallest absolute Gasteiger partial charge is 0.236 e. The molecule has 0 saturated heterocycles. The highest BCUT2D eigenvalue weighted by Gasteiger charge is 2.16. The second kappa shape index (κ2) is 6.89. The Morgan fingerprint density at radius 3 is 2.88 bits per heavy atom. The number of furan rings is 1. The van der Waals surface area contributed by atoms with Crippen LogP contribution in [-0.4, -0.2) is 36.6 Å². The zero-order chi connectivity index (χ0) is 18.1. The van der Waals surface area contributed by atoms with Crippen molar-refractivity contribution < 1.29 is 9.21 Å². The number of thioether (sulfide) groups is 1. The molecular weight excluding hydrogens is 372 g/mol. The zero-order valence-electron chi connectivity index (χ0n) is 14.0. The van der Waals surface area contributed by atoms with Crippen LogP contribution in [0.2, 0.25) is 0 Å². The maximum Gasteiger partial charge on any atom is 0.236 e. The predicted molar refractivity (Wildman–Crippen MR) is 100 cm³/mol. The topological polar surface area (TPSA) is 98.7 Å². The first kappa shape index (κ1) is 16.7. The molecule has 26 heavy (non-hydrogen) atoms. The minimum atomic E-state index is -0.167. The molecule has 0 unspecified atom stereocenters. The molecule has 0 bridgehead atoms. The monoisotopic (exact) mass is 386 g/mol. The van der Waals surface area contributed by atoms with Gasteiger partial charge in [0.05, 0.1) is 5.75 Å². The molecule has 3 aromatic heterocycles. The number of carbonyl (C=O) groups is 1. The van der Waals surface area contributed by atoms with Gasteiger partial charge >= 0.3 is 0 Å². The van der Waals surface area contributed by atoms with Crippen LogP contribution in [0.25, 0.3) is 22.6 Å². The molecule has 0 aliphatic rings. The summed E-state index contributed by atoms with van der Waals surface area (Å²) >= 11 is 2.63. The van der Waals surface area contributed by atoms with Crippen molar-refractivity contribution in [2.45, 2.75) is 12.1 Å². The number of amides is 1. The number of benzene rings is 1. The number of aryl methyl sites for hydroxylation is 1. The standard InChI is InChI=1S/C16H14N6O2S2/c1-9-18-20-15(26-9)17-13(23)8-25-16-21-19-14(22(16)2)12-7-10-5-3-4-6-11(10)24-12/h3-7H,8H2,1-2H3,(H,17,20,23). The Kier molecular flexibility index (Phi) is 4.43. The van der Waals surface area contributed by atoms with E-state index >= 15 is 0 Å². The number of carbonyl (C=O) groups excluding carboxylic acids is 1. The number of aromatic nitrogens is 5. The molecule has 0 radical (unpaired) electrons. The molecule has 4 rings (SSSR count). The highest BCUT2D eigenvalue weighted by atomic mass is 32.2. The van der Waals surface area contributed by atoms with Crippen LogP contribution in [0.15, 0.2) is 39.9 Å². The average Bonchev–Trinajstić information content (AvgIpc) is 3.31. The van der Waals surface area contributed by atoms with E-state index < -0.39 is 0 Å². The molecule has 0 fully saturated rings. The second-order valence-electron chi connectivity index (χ2n) is 5.48. The molecule has 0 spiro atoms. The number of fused-ring (bicyclic) bond motifs is 1. The fourth-order valence-corrected chi connectivity index (χ4v) is 3.70. The molecule has 8 nitrogen and oxygen atoms in total. The van der Waals surface area contributed by atoms with Crippen LogP contribution in [0.5, 0.6) is 0 Å². The molecule has 10 heteroatoms. The third-order valence-electron chi connectivity index (χ3n) is 3.59. The fraction of sp³-hybridized carbons (Fsp3) is 0.188. The Labute approximate surface area is 156 Å². The van der Waals surface area contributed by atoms with E-state index in [0.717, 1.165) is 16.0 Å². The van der Waals surface area contributed by atoms with Gasteiger partial charge in [-0.1, -0.05) is 41.3 Å². The average molecular weight is 386 g/mol. The van der Waals surface area contributed by atoms with E-state index in [9.17, 15) is 4.79 Å². The lowest BCUT2D eigenvalue weighted by atomic mass is 10.2. The van der Waals surface area contributed by atoms with Gasteiger partial charge in [-0.2, -0.15) is 0 Å². The molecule has 1 aromatic carbocycles. The summed E-state index contributed by atoms with van der Waals surface area (Å²) in [6.07, 6.45) is 0. The van der Waals surface area contributed by atoms with Crippen molar-refractivity contribution in [1.29, 1.82) is 0 Å². The number of anilines is 1. The van der Waals surface area contributed by atoms with E-state index in [1.54, 1.807) is 0 Å². The van der Waals surface area contributed by atoms with Crippen LogP contribution in [0.4, 0.5) is 5.13 Å². The van der Waals surface area contributed by atoms with Gasteiger partial charge in [-0.15, -0.1) is 20.4 Å². The van der Waals surface area contributed by atoms with Crippen LogP contribution in [0.1, 0.15) is 5.01 Å². The highest BCUT2D eigenvalue weighted by Crippen LogP contribution is 2.28. The van der Waals surface area contributed by atoms with Crippen LogP contribution in [0, 0.1) is 6.92 Å². The van der Waals surface area contributed by atoms with Crippen LogP contribution >= 0.6 is 23.1 Å². The summed E-state index contributed by atoms with van der Waals surface area (Å²) in [6, 6.07) is 9.69. The van der Waals surface area contributed by atoms with Gasteiger partial charge in [-0.05, 0) is 19.1 Å². The van der Waals surface area contributed by atoms with Crippen LogP contribution in [0.3, 0.4) is 0 Å². The van der Waals surface area contributed by atoms with Gasteiger partial charge < -0.3 is 8.98 Å². The van der Waals surface area contributed by atoms with Crippen LogP contribution in [-0.2, 0) is 11.8 Å². The maximum absolute atomic E-state index is 12.0. The lowest BCUT2D eigenvalue weighted by Crippen LogP contribution is -2.14. The number of hydrogen-bond acceptors (Lipinski definition) is 8. The summed E-state index contributed by atoms with van der Waals surface area (Å²) in [6.45, 7) is 1.83. The third-order valence-corrected chi connectivity index (χ3v) is 5.36. The van der Waals surface area contributed by atoms with Gasteiger partial charge in [0.2, 0.25) is 11.0 Å². The van der Waals surface area contributed by atoms with Crippen molar-refractivity contribution in [3.63, 3.8) is 0 Å². The first-order valence-electron chi connectivity index (χ1n) is 7.71. The van der Waals surface area contributed by atoms with E-state index in [-0.39, 0.29) is 11.7 Å². The SMILES string of the molecule is Cc1nnc(NC(=O)CSc2nnc(-c3cc4ccccc4o3)n2C)s1. The summed E-state index contributed by atoms with van der Waals surface area (Å²) in [7, 11) is 1.84. The van der Waals surface area contributed by atoms with Gasteiger partial charge in [-0.25, -0.2) is 0 Å². The molecule has 1 amide bonds. The van der Waals surface area contributed by atoms with E-state index in [0.29, 0.717) is 21.9 Å². The molecular formula is C16H14N6O2S2. The van der Waals surface area contributed by atoms with Crippen LogP contribution < -0.4 is 5.32 Å². The Bertz CT molecular complexity index is 1050. The van der Waals surface area contributed by atoms with Crippen molar-refractivity contribution in [3.8, 4) is 11.6 Å². The number of nitrogens with zero attached hydrogens (tertiary/aromatic N) is 5. The Morgan fingerprint density at radius 2 is 2.12 bits per heavy atom. The maximum atomic E-state index is 12.0. The number of hydrogen-bond donors (Lipinski definition) is 1. The van der Waals surface area contributed by atoms with E-state index in [1.807, 2.05) is 48.9 Å². The van der Waals surface area contributed by atoms with Gasteiger partial charge in [0.1, 0.15) is 10.6 Å². The predicted octanol–water partition coefficient (Wildman–Crippen LogP) is 3.12. The first-order chi connectivity index (χ1) is 12.6. The summed E-state index contributed by atoms with van der Waals surface area (Å²) in [5.41, 5.74) is 0.798. The lowest BCUT2D eigenvalue weighted by molar-refractivity contribution is -0.113. The quantitative estimate of drug-likeness (QED) is 0.526. The molecule has 132 valence electrons. The molecule has 3 heterocycles. The Morgan fingerprint density at radius 1 is 1.27 bits per heavy atom. The van der Waals surface area contributed by atoms with Gasteiger partial charge in [-0.3, -0.25) is 10.1 Å². The largest absolute Gasteiger partial charge is 0.453 e. The van der Waals surface area contributed by atoms with Gasteiger partial charge in [0, 0.05) is 12.4 Å². The molecule has 4 aromatic rings. The zero-order valence-corrected chi connectivity index (χ0v) is 15.6. The van der Waals surface area contributed by atoms with E-state index in [1.165, 1.54) is 23.1 Å². The van der Waals surface area contributed by atoms with Crippen molar-refractivity contribution in [2.24, 2.45) is 7.05 Å². The molecule has 0 atom stereocenters. The molecule has 0 aliphatic carbocycles. The van der Waals surface area contributed by atoms with E-state index in [2.05, 4.69) is 25.7 Å².